The maximum absolute atomic E-state index is 13.0. The van der Waals surface area contributed by atoms with Gasteiger partial charge in [0.1, 0.15) is 10.6 Å². The molecule has 0 radical (unpaired) electrons. The summed E-state index contributed by atoms with van der Waals surface area (Å²) in [7, 11) is 0. The van der Waals surface area contributed by atoms with E-state index in [4.69, 9.17) is 14.2 Å². The number of amides is 1. The van der Waals surface area contributed by atoms with Gasteiger partial charge in [0.2, 0.25) is 0 Å². The second-order valence-electron chi connectivity index (χ2n) is 8.36. The Labute approximate surface area is 176 Å². The first-order valence-corrected chi connectivity index (χ1v) is 11.1. The predicted octanol–water partition coefficient (Wildman–Crippen LogP) is 3.09. The Morgan fingerprint density at radius 1 is 1.21 bits per heavy atom. The van der Waals surface area contributed by atoms with Crippen LogP contribution in [0.25, 0.3) is 0 Å². The van der Waals surface area contributed by atoms with E-state index < -0.39 is 11.6 Å². The molecule has 1 aromatic rings. The quantitative estimate of drug-likeness (QED) is 0.671. The van der Waals surface area contributed by atoms with Gasteiger partial charge in [0.25, 0.3) is 0 Å². The molecule has 0 spiro atoms. The number of carbonyl (C=O) groups is 2. The molecule has 0 bridgehead atoms. The highest BCUT2D eigenvalue weighted by atomic mass is 32.1. The lowest BCUT2D eigenvalue weighted by Gasteiger charge is -2.42. The molecule has 0 saturated carbocycles. The molecule has 2 fully saturated rings. The van der Waals surface area contributed by atoms with Gasteiger partial charge in [0.05, 0.1) is 18.8 Å². The van der Waals surface area contributed by atoms with Crippen molar-refractivity contribution < 1.29 is 23.8 Å². The summed E-state index contributed by atoms with van der Waals surface area (Å²) in [6.45, 7) is 12.4. The molecule has 3 rings (SSSR count). The highest BCUT2D eigenvalue weighted by Crippen LogP contribution is 2.35. The molecule has 0 aromatic carbocycles. The van der Waals surface area contributed by atoms with E-state index in [1.54, 1.807) is 17.2 Å². The molecule has 0 N–H and O–H groups in total. The largest absolute Gasteiger partial charge is 0.461 e. The van der Waals surface area contributed by atoms with Crippen molar-refractivity contribution in [1.82, 2.24) is 14.8 Å². The van der Waals surface area contributed by atoms with Crippen molar-refractivity contribution in [2.75, 3.05) is 32.8 Å². The number of piperazine rings is 1. The van der Waals surface area contributed by atoms with Gasteiger partial charge in [-0.3, -0.25) is 9.80 Å². The number of esters is 1. The molecule has 3 heterocycles. The summed E-state index contributed by atoms with van der Waals surface area (Å²) in [4.78, 5) is 33.6. The van der Waals surface area contributed by atoms with Gasteiger partial charge in [-0.25, -0.2) is 14.6 Å². The van der Waals surface area contributed by atoms with Crippen LogP contribution in [0.5, 0.6) is 0 Å². The Kier molecular flexibility index (Phi) is 6.80. The summed E-state index contributed by atoms with van der Waals surface area (Å²) in [5.41, 5.74) is -0.298. The highest BCUT2D eigenvalue weighted by Gasteiger charge is 2.44. The molecule has 162 valence electrons. The molecule has 9 heteroatoms. The van der Waals surface area contributed by atoms with E-state index in [-0.39, 0.29) is 30.0 Å². The molecule has 1 aromatic heterocycles. The summed E-state index contributed by atoms with van der Waals surface area (Å²) in [6.07, 6.45) is 0.719. The van der Waals surface area contributed by atoms with Gasteiger partial charge in [-0.15, -0.1) is 11.3 Å². The fourth-order valence-electron chi connectivity index (χ4n) is 3.86. The maximum Gasteiger partial charge on any atom is 0.410 e. The molecule has 2 saturated heterocycles. The number of fused-ring (bicyclic) bond motifs is 1. The van der Waals surface area contributed by atoms with Crippen LogP contribution >= 0.6 is 11.3 Å². The average molecular weight is 426 g/mol. The van der Waals surface area contributed by atoms with E-state index in [0.29, 0.717) is 26.3 Å². The molecule has 2 aliphatic rings. The van der Waals surface area contributed by atoms with Crippen LogP contribution in [0.2, 0.25) is 0 Å². The number of aromatic nitrogens is 1. The normalized spacial score (nSPS) is 25.0. The monoisotopic (exact) mass is 425 g/mol. The number of hydrogen-bond donors (Lipinski definition) is 0. The van der Waals surface area contributed by atoms with E-state index >= 15 is 0 Å². The van der Waals surface area contributed by atoms with Crippen LogP contribution in [0.4, 0.5) is 4.79 Å². The van der Waals surface area contributed by atoms with E-state index in [1.165, 1.54) is 11.3 Å². The van der Waals surface area contributed by atoms with Crippen molar-refractivity contribution in [1.29, 1.82) is 0 Å². The van der Waals surface area contributed by atoms with Crippen molar-refractivity contribution in [3.05, 3.63) is 16.1 Å². The van der Waals surface area contributed by atoms with Gasteiger partial charge in [0.15, 0.2) is 5.69 Å². The fraction of sp³-hybridized carbons (Fsp3) is 0.750. The Hall–Kier alpha value is -1.71. The molecule has 1 amide bonds. The Bertz CT molecular complexity index is 732. The number of ether oxygens (including phenoxy) is 3. The zero-order chi connectivity index (χ0) is 21.2. The van der Waals surface area contributed by atoms with Gasteiger partial charge in [-0.2, -0.15) is 0 Å². The number of hydrogen-bond acceptors (Lipinski definition) is 8. The Morgan fingerprint density at radius 3 is 2.62 bits per heavy atom. The standard InChI is InChI=1S/C20H31N3O5S/c1-6-26-14-8-13-9-23(19(25)28-20(3,4)5)16(11-22(13)10-14)17-21-15(12-29-17)18(24)27-7-2/h12-14,16H,6-11H2,1-5H3/t13-,14-,16+/m1/s1. The van der Waals surface area contributed by atoms with E-state index in [0.717, 1.165) is 18.0 Å². The molecule has 0 aliphatic carbocycles. The maximum atomic E-state index is 13.0. The van der Waals surface area contributed by atoms with E-state index in [9.17, 15) is 9.59 Å². The fourth-order valence-corrected chi connectivity index (χ4v) is 4.75. The third-order valence-corrected chi connectivity index (χ3v) is 5.95. The first-order valence-electron chi connectivity index (χ1n) is 10.2. The molecular weight excluding hydrogens is 394 g/mol. The third-order valence-electron chi connectivity index (χ3n) is 5.00. The summed E-state index contributed by atoms with van der Waals surface area (Å²) in [6, 6.07) is -0.0329. The summed E-state index contributed by atoms with van der Waals surface area (Å²) in [5.74, 6) is -0.440. The second-order valence-corrected chi connectivity index (χ2v) is 9.25. The first kappa shape index (κ1) is 22.0. The number of nitrogens with zero attached hydrogens (tertiary/aromatic N) is 3. The summed E-state index contributed by atoms with van der Waals surface area (Å²) >= 11 is 1.38. The van der Waals surface area contributed by atoms with Crippen molar-refractivity contribution in [3.8, 4) is 0 Å². The van der Waals surface area contributed by atoms with Crippen molar-refractivity contribution in [2.45, 2.75) is 64.8 Å². The van der Waals surface area contributed by atoms with Crippen LogP contribution in [0.15, 0.2) is 5.38 Å². The summed E-state index contributed by atoms with van der Waals surface area (Å²) < 4.78 is 16.5. The van der Waals surface area contributed by atoms with Crippen LogP contribution in [0.3, 0.4) is 0 Å². The molecular formula is C20H31N3O5S. The molecule has 2 aliphatic heterocycles. The molecule has 3 atom stereocenters. The third kappa shape index (κ3) is 5.26. The van der Waals surface area contributed by atoms with E-state index in [2.05, 4.69) is 9.88 Å². The van der Waals surface area contributed by atoms with Gasteiger partial charge in [-0.05, 0) is 41.0 Å². The number of rotatable bonds is 5. The minimum absolute atomic E-state index is 0.177. The van der Waals surface area contributed by atoms with Crippen molar-refractivity contribution in [3.63, 3.8) is 0 Å². The minimum atomic E-state index is -0.582. The molecule has 29 heavy (non-hydrogen) atoms. The van der Waals surface area contributed by atoms with Crippen LogP contribution in [0, 0.1) is 0 Å². The van der Waals surface area contributed by atoms with Crippen LogP contribution < -0.4 is 0 Å². The second kappa shape index (κ2) is 8.97. The lowest BCUT2D eigenvalue weighted by Crippen LogP contribution is -2.54. The first-order chi connectivity index (χ1) is 13.7. The smallest absolute Gasteiger partial charge is 0.410 e. The highest BCUT2D eigenvalue weighted by molar-refractivity contribution is 7.09. The van der Waals surface area contributed by atoms with Crippen LogP contribution in [-0.2, 0) is 14.2 Å². The van der Waals surface area contributed by atoms with Gasteiger partial charge < -0.3 is 14.2 Å². The van der Waals surface area contributed by atoms with Gasteiger partial charge >= 0.3 is 12.1 Å². The zero-order valence-electron chi connectivity index (χ0n) is 17.8. The SMILES string of the molecule is CCOC(=O)c1csc([C@@H]2CN3C[C@H](OCC)C[C@@H]3CN2C(=O)OC(C)(C)C)n1. The number of carbonyl (C=O) groups excluding carboxylic acids is 2. The zero-order valence-corrected chi connectivity index (χ0v) is 18.7. The number of thiazole rings is 1. The Morgan fingerprint density at radius 2 is 1.97 bits per heavy atom. The average Bonchev–Trinajstić information content (AvgIpc) is 3.26. The molecule has 0 unspecified atom stereocenters. The lowest BCUT2D eigenvalue weighted by atomic mass is 10.1. The summed E-state index contributed by atoms with van der Waals surface area (Å²) in [5, 5.41) is 2.41. The minimum Gasteiger partial charge on any atom is -0.461 e. The van der Waals surface area contributed by atoms with E-state index in [1.807, 2.05) is 27.7 Å². The van der Waals surface area contributed by atoms with Crippen LogP contribution in [0.1, 0.15) is 62.6 Å². The van der Waals surface area contributed by atoms with Gasteiger partial charge in [0, 0.05) is 37.7 Å². The van der Waals surface area contributed by atoms with Crippen molar-refractivity contribution >= 4 is 23.4 Å². The molecule has 8 nitrogen and oxygen atoms in total. The van der Waals surface area contributed by atoms with Crippen LogP contribution in [-0.4, -0.2) is 77.4 Å². The predicted molar refractivity (Wildman–Crippen MR) is 109 cm³/mol. The Balaban J connectivity index is 1.83. The topological polar surface area (TPSA) is 81.2 Å². The van der Waals surface area contributed by atoms with Crippen molar-refractivity contribution in [2.24, 2.45) is 0 Å². The lowest BCUT2D eigenvalue weighted by molar-refractivity contribution is -0.00960. The van der Waals surface area contributed by atoms with Gasteiger partial charge in [-0.1, -0.05) is 0 Å².